The topological polar surface area (TPSA) is 55.2 Å². The summed E-state index contributed by atoms with van der Waals surface area (Å²) in [6.45, 7) is 0.375. The van der Waals surface area contributed by atoms with Crippen LogP contribution >= 0.6 is 15.9 Å². The second-order valence-corrected chi connectivity index (χ2v) is 4.72. The lowest BCUT2D eigenvalue weighted by atomic mass is 10.2. The second-order valence-electron chi connectivity index (χ2n) is 3.87. The molecule has 0 aliphatic carbocycles. The summed E-state index contributed by atoms with van der Waals surface area (Å²) in [5, 5.41) is 13.6. The van der Waals surface area contributed by atoms with E-state index in [1.54, 1.807) is 24.3 Å². The lowest BCUT2D eigenvalue weighted by molar-refractivity contribution is -0.384. The molecule has 2 rings (SSSR count). The molecule has 0 bridgehead atoms. The molecule has 0 unspecified atom stereocenters. The van der Waals surface area contributed by atoms with Crippen LogP contribution in [0.15, 0.2) is 46.9 Å². The van der Waals surface area contributed by atoms with Crippen LogP contribution in [-0.4, -0.2) is 4.92 Å². The Balaban J connectivity index is 2.12. The van der Waals surface area contributed by atoms with E-state index < -0.39 is 4.92 Å². The number of rotatable bonds is 4. The van der Waals surface area contributed by atoms with Crippen molar-refractivity contribution in [1.29, 1.82) is 0 Å². The van der Waals surface area contributed by atoms with Crippen molar-refractivity contribution < 1.29 is 9.31 Å². The molecule has 98 valence electrons. The van der Waals surface area contributed by atoms with Crippen LogP contribution in [0.25, 0.3) is 0 Å². The summed E-state index contributed by atoms with van der Waals surface area (Å²) in [7, 11) is 0. The maximum atomic E-state index is 13.4. The van der Waals surface area contributed by atoms with E-state index in [9.17, 15) is 14.5 Å². The fourth-order valence-corrected chi connectivity index (χ4v) is 2.10. The van der Waals surface area contributed by atoms with Crippen molar-refractivity contribution in [2.75, 3.05) is 5.32 Å². The molecular formula is C13H10BrFN2O2. The lowest BCUT2D eigenvalue weighted by Crippen LogP contribution is -2.02. The Morgan fingerprint density at radius 1 is 1.26 bits per heavy atom. The van der Waals surface area contributed by atoms with E-state index in [4.69, 9.17) is 0 Å². The van der Waals surface area contributed by atoms with Crippen molar-refractivity contribution in [3.63, 3.8) is 0 Å². The van der Waals surface area contributed by atoms with Gasteiger partial charge in [0.2, 0.25) is 0 Å². The van der Waals surface area contributed by atoms with Crippen molar-refractivity contribution in [2.45, 2.75) is 6.54 Å². The van der Waals surface area contributed by atoms with E-state index in [0.29, 0.717) is 16.7 Å². The minimum Gasteiger partial charge on any atom is -0.379 e. The zero-order valence-electron chi connectivity index (χ0n) is 9.77. The van der Waals surface area contributed by atoms with Gasteiger partial charge in [0.25, 0.3) is 5.69 Å². The van der Waals surface area contributed by atoms with Crippen molar-refractivity contribution in [1.82, 2.24) is 0 Å². The summed E-state index contributed by atoms with van der Waals surface area (Å²) in [5.74, 6) is -0.333. The normalized spacial score (nSPS) is 10.2. The molecule has 0 fully saturated rings. The number of nitrogens with one attached hydrogen (secondary N) is 1. The van der Waals surface area contributed by atoms with Crippen LogP contribution in [-0.2, 0) is 6.54 Å². The molecule has 6 heteroatoms. The zero-order chi connectivity index (χ0) is 13.8. The molecule has 0 heterocycles. The molecule has 19 heavy (non-hydrogen) atoms. The van der Waals surface area contributed by atoms with Crippen LogP contribution in [0.5, 0.6) is 0 Å². The van der Waals surface area contributed by atoms with E-state index in [1.165, 1.54) is 18.2 Å². The third-order valence-electron chi connectivity index (χ3n) is 2.59. The predicted molar refractivity (Wildman–Crippen MR) is 74.5 cm³/mol. The van der Waals surface area contributed by atoms with Gasteiger partial charge in [-0.1, -0.05) is 28.1 Å². The van der Waals surface area contributed by atoms with Gasteiger partial charge in [0.05, 0.1) is 10.6 Å². The van der Waals surface area contributed by atoms with Crippen LogP contribution in [0, 0.1) is 15.9 Å². The second kappa shape index (κ2) is 5.79. The number of halogens is 2. The van der Waals surface area contributed by atoms with Crippen LogP contribution in [0.3, 0.4) is 0 Å². The van der Waals surface area contributed by atoms with Gasteiger partial charge in [-0.15, -0.1) is 0 Å². The van der Waals surface area contributed by atoms with Crippen molar-refractivity contribution in [3.05, 3.63) is 68.4 Å². The number of anilines is 1. The Morgan fingerprint density at radius 2 is 2.00 bits per heavy atom. The Kier molecular flexibility index (Phi) is 4.11. The van der Waals surface area contributed by atoms with Gasteiger partial charge < -0.3 is 5.32 Å². The third-order valence-corrected chi connectivity index (χ3v) is 3.33. The minimum absolute atomic E-state index is 0.0153. The van der Waals surface area contributed by atoms with Gasteiger partial charge in [-0.05, 0) is 23.8 Å². The summed E-state index contributed by atoms with van der Waals surface area (Å²) in [6.07, 6.45) is 0. The van der Waals surface area contributed by atoms with Gasteiger partial charge in [-0.25, -0.2) is 4.39 Å². The highest BCUT2D eigenvalue weighted by atomic mass is 79.9. The number of nitrogens with zero attached hydrogens (tertiary/aromatic N) is 1. The largest absolute Gasteiger partial charge is 0.379 e. The quantitative estimate of drug-likeness (QED) is 0.680. The molecule has 2 aromatic carbocycles. The molecule has 0 saturated carbocycles. The monoisotopic (exact) mass is 324 g/mol. The molecule has 0 aliphatic heterocycles. The Bertz CT molecular complexity index is 619. The molecule has 0 aliphatic rings. The van der Waals surface area contributed by atoms with Crippen LogP contribution in [0.1, 0.15) is 5.56 Å². The average molecular weight is 325 g/mol. The van der Waals surface area contributed by atoms with E-state index in [0.717, 1.165) is 5.56 Å². The van der Waals surface area contributed by atoms with Gasteiger partial charge in [0, 0.05) is 23.2 Å². The van der Waals surface area contributed by atoms with E-state index in [2.05, 4.69) is 21.2 Å². The summed E-state index contributed by atoms with van der Waals surface area (Å²) in [4.78, 5) is 10.1. The van der Waals surface area contributed by atoms with Crippen LogP contribution in [0.4, 0.5) is 15.8 Å². The number of nitro groups is 1. The molecule has 0 spiro atoms. The summed E-state index contributed by atoms with van der Waals surface area (Å²) < 4.78 is 14.0. The molecule has 0 amide bonds. The Hall–Kier alpha value is -1.95. The first-order chi connectivity index (χ1) is 9.08. The van der Waals surface area contributed by atoms with Crippen molar-refractivity contribution in [2.24, 2.45) is 0 Å². The van der Waals surface area contributed by atoms with Gasteiger partial charge in [0.15, 0.2) is 0 Å². The minimum atomic E-state index is -0.459. The number of non-ortho nitro benzene ring substituents is 1. The van der Waals surface area contributed by atoms with Crippen LogP contribution < -0.4 is 5.32 Å². The Morgan fingerprint density at radius 3 is 2.63 bits per heavy atom. The third kappa shape index (κ3) is 3.29. The molecular weight excluding hydrogens is 315 g/mol. The smallest absolute Gasteiger partial charge is 0.270 e. The van der Waals surface area contributed by atoms with Gasteiger partial charge >= 0.3 is 0 Å². The summed E-state index contributed by atoms with van der Waals surface area (Å²) >= 11 is 3.27. The number of hydrogen-bond donors (Lipinski definition) is 1. The summed E-state index contributed by atoms with van der Waals surface area (Å²) in [6, 6.07) is 10.8. The molecule has 0 atom stereocenters. The highest BCUT2D eigenvalue weighted by Crippen LogP contribution is 2.24. The standard InChI is InChI=1S/C13H10BrFN2O2/c14-11-7-10(17(18)19)6-5-9(11)8-16-13-4-2-1-3-12(13)15/h1-7,16H,8H2. The fraction of sp³-hybridized carbons (Fsp3) is 0.0769. The molecule has 0 radical (unpaired) electrons. The first-order valence-electron chi connectivity index (χ1n) is 5.49. The maximum absolute atomic E-state index is 13.4. The maximum Gasteiger partial charge on any atom is 0.270 e. The lowest BCUT2D eigenvalue weighted by Gasteiger charge is -2.08. The van der Waals surface area contributed by atoms with Crippen molar-refractivity contribution in [3.8, 4) is 0 Å². The van der Waals surface area contributed by atoms with Crippen LogP contribution in [0.2, 0.25) is 0 Å². The van der Waals surface area contributed by atoms with E-state index in [1.807, 2.05) is 0 Å². The molecule has 0 saturated heterocycles. The molecule has 1 N–H and O–H groups in total. The van der Waals surface area contributed by atoms with Gasteiger partial charge in [-0.3, -0.25) is 10.1 Å². The zero-order valence-corrected chi connectivity index (χ0v) is 11.4. The summed E-state index contributed by atoms with van der Waals surface area (Å²) in [5.41, 5.74) is 1.23. The number of hydrogen-bond acceptors (Lipinski definition) is 3. The van der Waals surface area contributed by atoms with Crippen molar-refractivity contribution >= 4 is 27.3 Å². The first-order valence-corrected chi connectivity index (χ1v) is 6.28. The van der Waals surface area contributed by atoms with Gasteiger partial charge in [0.1, 0.15) is 5.82 Å². The number of para-hydroxylation sites is 1. The molecule has 0 aromatic heterocycles. The van der Waals surface area contributed by atoms with Gasteiger partial charge in [-0.2, -0.15) is 0 Å². The highest BCUT2D eigenvalue weighted by molar-refractivity contribution is 9.10. The molecule has 4 nitrogen and oxygen atoms in total. The average Bonchev–Trinajstić information content (AvgIpc) is 2.39. The molecule has 2 aromatic rings. The highest BCUT2D eigenvalue weighted by Gasteiger charge is 2.09. The predicted octanol–water partition coefficient (Wildman–Crippen LogP) is 4.11. The number of nitro benzene ring substituents is 1. The Labute approximate surface area is 117 Å². The SMILES string of the molecule is O=[N+]([O-])c1ccc(CNc2ccccc2F)c(Br)c1. The van der Waals surface area contributed by atoms with E-state index >= 15 is 0 Å². The fourth-order valence-electron chi connectivity index (χ4n) is 1.59. The number of benzene rings is 2. The first kappa shape index (κ1) is 13.5. The van der Waals surface area contributed by atoms with E-state index in [-0.39, 0.29) is 11.5 Å².